The minimum Gasteiger partial charge on any atom is -0.462 e. The van der Waals surface area contributed by atoms with Crippen molar-refractivity contribution in [2.24, 2.45) is 5.92 Å². The van der Waals surface area contributed by atoms with Crippen LogP contribution in [0.5, 0.6) is 0 Å². The van der Waals surface area contributed by atoms with Gasteiger partial charge in [-0.15, -0.1) is 0 Å². The maximum absolute atomic E-state index is 12.7. The van der Waals surface area contributed by atoms with Crippen molar-refractivity contribution in [2.75, 3.05) is 13.2 Å². The van der Waals surface area contributed by atoms with Crippen LogP contribution in [-0.4, -0.2) is 37.2 Å². The van der Waals surface area contributed by atoms with Crippen molar-refractivity contribution in [2.45, 2.75) is 278 Å². The first-order valence-corrected chi connectivity index (χ1v) is 24.4. The Morgan fingerprint density at radius 3 is 0.945 bits per heavy atom. The third-order valence-corrected chi connectivity index (χ3v) is 11.4. The lowest BCUT2D eigenvalue weighted by atomic mass is 9.99. The number of carbonyl (C=O) groups is 3. The molecule has 1 unspecified atom stereocenters. The number of carbonyl (C=O) groups excluding carboxylic acids is 3. The smallest absolute Gasteiger partial charge is 0.306 e. The molecule has 55 heavy (non-hydrogen) atoms. The zero-order valence-corrected chi connectivity index (χ0v) is 37.4. The van der Waals surface area contributed by atoms with E-state index in [2.05, 4.69) is 27.7 Å². The van der Waals surface area contributed by atoms with Gasteiger partial charge in [-0.25, -0.2) is 0 Å². The number of hydrogen-bond acceptors (Lipinski definition) is 6. The molecular weight excluding hydrogens is 685 g/mol. The molecule has 0 N–H and O–H groups in total. The van der Waals surface area contributed by atoms with Crippen LogP contribution in [0.15, 0.2) is 0 Å². The summed E-state index contributed by atoms with van der Waals surface area (Å²) in [6.07, 6.45) is 43.7. The first-order chi connectivity index (χ1) is 26.9. The van der Waals surface area contributed by atoms with E-state index in [-0.39, 0.29) is 31.1 Å². The Balaban J connectivity index is 4.27. The molecule has 0 rings (SSSR count). The Labute approximate surface area is 342 Å². The van der Waals surface area contributed by atoms with E-state index in [1.54, 1.807) is 0 Å². The third kappa shape index (κ3) is 41.9. The van der Waals surface area contributed by atoms with Crippen LogP contribution in [0.25, 0.3) is 0 Å². The van der Waals surface area contributed by atoms with E-state index in [0.717, 1.165) is 63.7 Å². The van der Waals surface area contributed by atoms with Gasteiger partial charge in [0.25, 0.3) is 0 Å². The first-order valence-electron chi connectivity index (χ1n) is 24.4. The average molecular weight is 779 g/mol. The lowest BCUT2D eigenvalue weighted by Crippen LogP contribution is -2.30. The minimum atomic E-state index is -0.759. The maximum Gasteiger partial charge on any atom is 0.306 e. The Morgan fingerprint density at radius 1 is 0.364 bits per heavy atom. The number of unbranched alkanes of at least 4 members (excludes halogenated alkanes) is 30. The molecule has 0 aliphatic heterocycles. The summed E-state index contributed by atoms with van der Waals surface area (Å²) in [7, 11) is 0. The summed E-state index contributed by atoms with van der Waals surface area (Å²) in [5, 5.41) is 0. The van der Waals surface area contributed by atoms with Crippen molar-refractivity contribution in [3.05, 3.63) is 0 Å². The van der Waals surface area contributed by atoms with Crippen LogP contribution < -0.4 is 0 Å². The van der Waals surface area contributed by atoms with Gasteiger partial charge in [-0.3, -0.25) is 14.4 Å². The second-order valence-corrected chi connectivity index (χ2v) is 17.0. The largest absolute Gasteiger partial charge is 0.462 e. The molecular formula is C49H94O6. The molecule has 0 aromatic heterocycles. The molecule has 0 aromatic rings. The Hall–Kier alpha value is -1.59. The highest BCUT2D eigenvalue weighted by molar-refractivity contribution is 5.71. The van der Waals surface area contributed by atoms with Gasteiger partial charge in [0.05, 0.1) is 0 Å². The number of ether oxygens (including phenoxy) is 3. The van der Waals surface area contributed by atoms with Crippen molar-refractivity contribution < 1.29 is 28.6 Å². The maximum atomic E-state index is 12.7. The molecule has 6 heteroatoms. The van der Waals surface area contributed by atoms with E-state index in [1.165, 1.54) is 167 Å². The van der Waals surface area contributed by atoms with Gasteiger partial charge in [-0.1, -0.05) is 233 Å². The molecule has 6 nitrogen and oxygen atoms in total. The van der Waals surface area contributed by atoms with E-state index in [9.17, 15) is 14.4 Å². The molecule has 326 valence electrons. The van der Waals surface area contributed by atoms with Gasteiger partial charge in [0.1, 0.15) is 13.2 Å². The van der Waals surface area contributed by atoms with Crippen LogP contribution in [0.1, 0.15) is 272 Å². The summed E-state index contributed by atoms with van der Waals surface area (Å²) < 4.78 is 16.7. The van der Waals surface area contributed by atoms with Crippen LogP contribution in [0.3, 0.4) is 0 Å². The topological polar surface area (TPSA) is 78.9 Å². The van der Waals surface area contributed by atoms with Crippen molar-refractivity contribution in [1.82, 2.24) is 0 Å². The predicted molar refractivity (Wildman–Crippen MR) is 233 cm³/mol. The average Bonchev–Trinajstić information content (AvgIpc) is 3.18. The van der Waals surface area contributed by atoms with Gasteiger partial charge in [-0.05, 0) is 25.2 Å². The Kier molecular flexibility index (Phi) is 42.3. The summed E-state index contributed by atoms with van der Waals surface area (Å²) >= 11 is 0. The normalized spacial score (nSPS) is 12.4. The summed E-state index contributed by atoms with van der Waals surface area (Å²) in [5.74, 6) is -0.00825. The fraction of sp³-hybridized carbons (Fsp3) is 0.939. The summed E-state index contributed by atoms with van der Waals surface area (Å²) in [4.78, 5) is 37.8. The SMILES string of the molecule is CCCCCCCCCCCCCCCCCCC(=O)OC[C@@H](COC(=O)CCCCCCCCCCC)OC(=O)CCCCCCCCCCC(C)CC. The summed E-state index contributed by atoms with van der Waals surface area (Å²) in [5.41, 5.74) is 0. The molecule has 0 spiro atoms. The van der Waals surface area contributed by atoms with Crippen LogP contribution >= 0.6 is 0 Å². The molecule has 0 bridgehead atoms. The van der Waals surface area contributed by atoms with Crippen LogP contribution in [-0.2, 0) is 28.6 Å². The van der Waals surface area contributed by atoms with Crippen molar-refractivity contribution in [1.29, 1.82) is 0 Å². The van der Waals surface area contributed by atoms with Crippen molar-refractivity contribution >= 4 is 17.9 Å². The van der Waals surface area contributed by atoms with E-state index >= 15 is 0 Å². The Morgan fingerprint density at radius 2 is 0.636 bits per heavy atom. The van der Waals surface area contributed by atoms with Gasteiger partial charge < -0.3 is 14.2 Å². The van der Waals surface area contributed by atoms with E-state index in [1.807, 2.05) is 0 Å². The predicted octanol–water partition coefficient (Wildman–Crippen LogP) is 15.5. The van der Waals surface area contributed by atoms with Crippen LogP contribution in [0, 0.1) is 5.92 Å². The van der Waals surface area contributed by atoms with E-state index in [0.29, 0.717) is 19.3 Å². The standard InChI is InChI=1S/C49H94O6/c1-5-8-10-12-14-16-17-18-19-20-21-22-24-29-33-37-41-48(51)54-44-46(43-53-47(50)40-36-32-28-23-15-13-11-9-6-2)55-49(52)42-38-34-30-26-25-27-31-35-39-45(4)7-3/h45-46H,5-44H2,1-4H3/t45?,46-/m1/s1. The quantitative estimate of drug-likeness (QED) is 0.0348. The zero-order chi connectivity index (χ0) is 40.3. The van der Waals surface area contributed by atoms with E-state index in [4.69, 9.17) is 14.2 Å². The minimum absolute atomic E-state index is 0.0637. The highest BCUT2D eigenvalue weighted by atomic mass is 16.6. The fourth-order valence-electron chi connectivity index (χ4n) is 7.30. The number of rotatable bonds is 44. The molecule has 0 amide bonds. The number of esters is 3. The lowest BCUT2D eigenvalue weighted by molar-refractivity contribution is -0.167. The molecule has 0 aliphatic carbocycles. The van der Waals surface area contributed by atoms with Gasteiger partial charge >= 0.3 is 17.9 Å². The number of hydrogen-bond donors (Lipinski definition) is 0. The van der Waals surface area contributed by atoms with E-state index < -0.39 is 6.10 Å². The van der Waals surface area contributed by atoms with Crippen LogP contribution in [0.4, 0.5) is 0 Å². The lowest BCUT2D eigenvalue weighted by Gasteiger charge is -2.18. The molecule has 0 heterocycles. The molecule has 0 aromatic carbocycles. The van der Waals surface area contributed by atoms with Crippen LogP contribution in [0.2, 0.25) is 0 Å². The fourth-order valence-corrected chi connectivity index (χ4v) is 7.30. The molecule has 2 atom stereocenters. The second-order valence-electron chi connectivity index (χ2n) is 17.0. The van der Waals surface area contributed by atoms with Gasteiger partial charge in [-0.2, -0.15) is 0 Å². The Bertz CT molecular complexity index is 828. The molecule has 0 aliphatic rings. The highest BCUT2D eigenvalue weighted by Crippen LogP contribution is 2.17. The molecule has 0 fully saturated rings. The highest BCUT2D eigenvalue weighted by Gasteiger charge is 2.19. The molecule has 0 saturated carbocycles. The first kappa shape index (κ1) is 53.4. The molecule has 0 radical (unpaired) electrons. The van der Waals surface area contributed by atoms with Gasteiger partial charge in [0.15, 0.2) is 6.10 Å². The van der Waals surface area contributed by atoms with Crippen molar-refractivity contribution in [3.8, 4) is 0 Å². The van der Waals surface area contributed by atoms with Gasteiger partial charge in [0, 0.05) is 19.3 Å². The third-order valence-electron chi connectivity index (χ3n) is 11.4. The zero-order valence-electron chi connectivity index (χ0n) is 37.4. The van der Waals surface area contributed by atoms with Crippen molar-refractivity contribution in [3.63, 3.8) is 0 Å². The summed E-state index contributed by atoms with van der Waals surface area (Å²) in [6, 6.07) is 0. The summed E-state index contributed by atoms with van der Waals surface area (Å²) in [6.45, 7) is 9.00. The van der Waals surface area contributed by atoms with Gasteiger partial charge in [0.2, 0.25) is 0 Å². The molecule has 0 saturated heterocycles. The monoisotopic (exact) mass is 779 g/mol. The second kappa shape index (κ2) is 43.5.